The Bertz CT molecular complexity index is 918. The van der Waals surface area contributed by atoms with E-state index in [1.54, 1.807) is 6.92 Å². The normalized spacial score (nSPS) is 14.2. The van der Waals surface area contributed by atoms with Crippen LogP contribution in [0.1, 0.15) is 13.8 Å². The number of halogens is 17. The molecule has 0 aliphatic carbocycles. The Morgan fingerprint density at radius 1 is 0.500 bits per heavy atom. The van der Waals surface area contributed by atoms with Crippen molar-refractivity contribution in [2.75, 3.05) is 7.11 Å². The van der Waals surface area contributed by atoms with Gasteiger partial charge in [-0.1, -0.05) is 13.2 Å². The zero-order valence-electron chi connectivity index (χ0n) is 18.5. The van der Waals surface area contributed by atoms with Crippen LogP contribution in [0, 0.1) is 0 Å². The molecule has 0 fully saturated rings. The van der Waals surface area contributed by atoms with Gasteiger partial charge >= 0.3 is 59.8 Å². The Balaban J connectivity index is 0. The maximum Gasteiger partial charge on any atom is 0.473 e. The van der Waals surface area contributed by atoms with Gasteiger partial charge in [0.1, 0.15) is 0 Å². The number of hydrogen-bond acceptors (Lipinski definition) is 4. The van der Waals surface area contributed by atoms with Gasteiger partial charge in [0.25, 0.3) is 0 Å². The lowest BCUT2D eigenvalue weighted by molar-refractivity contribution is -0.473. The smallest absolute Gasteiger partial charge is 0.466 e. The summed E-state index contributed by atoms with van der Waals surface area (Å²) in [4.78, 5) is 20.9. The molecule has 0 unspecified atom stereocenters. The standard InChI is InChI=1S/C12H5F17O2.C5H8O2/c1-3(2)4(30)31-12(28,29)10(23,24)8(19,20)6(15,16)5(13,14)7(17,18)9(21,22)11(25,26)27;1-4(2)5(6)7-3/h1H2,2H3;1H2,2-3H3. The summed E-state index contributed by atoms with van der Waals surface area (Å²) in [5.41, 5.74) is -0.866. The van der Waals surface area contributed by atoms with Gasteiger partial charge in [0.15, 0.2) is 0 Å². The van der Waals surface area contributed by atoms with E-state index >= 15 is 0 Å². The molecule has 0 aromatic rings. The Labute approximate surface area is 200 Å². The van der Waals surface area contributed by atoms with E-state index in [2.05, 4.69) is 22.6 Å². The minimum atomic E-state index is -8.74. The molecule has 0 aliphatic heterocycles. The number of methoxy groups -OCH3 is 1. The number of alkyl halides is 17. The second-order valence-corrected chi connectivity index (χ2v) is 6.90. The van der Waals surface area contributed by atoms with Crippen LogP contribution in [0.25, 0.3) is 0 Å². The molecular weight excluding hydrogens is 591 g/mol. The summed E-state index contributed by atoms with van der Waals surface area (Å²) in [6.45, 7) is 7.80. The monoisotopic (exact) mass is 604 g/mol. The van der Waals surface area contributed by atoms with Gasteiger partial charge in [0.05, 0.1) is 7.11 Å². The lowest BCUT2D eigenvalue weighted by Gasteiger charge is -2.42. The molecule has 0 amide bonds. The summed E-state index contributed by atoms with van der Waals surface area (Å²) in [5.74, 6) is -53.9. The first kappa shape index (κ1) is 37.4. The van der Waals surface area contributed by atoms with E-state index in [0.717, 1.165) is 0 Å². The minimum Gasteiger partial charge on any atom is -0.466 e. The van der Waals surface area contributed by atoms with Crippen LogP contribution in [0.5, 0.6) is 0 Å². The van der Waals surface area contributed by atoms with Crippen molar-refractivity contribution < 1.29 is 93.7 Å². The van der Waals surface area contributed by atoms with Crippen LogP contribution in [0.15, 0.2) is 24.3 Å². The van der Waals surface area contributed by atoms with Crippen LogP contribution in [-0.2, 0) is 19.1 Å². The number of carbonyl (C=O) groups excluding carboxylic acids is 2. The van der Waals surface area contributed by atoms with Gasteiger partial charge in [-0.3, -0.25) is 0 Å². The van der Waals surface area contributed by atoms with E-state index in [-0.39, 0.29) is 5.97 Å². The number of hydrogen-bond donors (Lipinski definition) is 0. The zero-order chi connectivity index (χ0) is 31.7. The lowest BCUT2D eigenvalue weighted by atomic mass is 9.90. The fourth-order valence-electron chi connectivity index (χ4n) is 1.59. The molecule has 0 bridgehead atoms. The molecule has 21 heteroatoms. The van der Waals surface area contributed by atoms with Crippen LogP contribution < -0.4 is 0 Å². The van der Waals surface area contributed by atoms with Gasteiger partial charge in [0, 0.05) is 11.1 Å². The van der Waals surface area contributed by atoms with Crippen molar-refractivity contribution in [3.05, 3.63) is 24.3 Å². The highest BCUT2D eigenvalue weighted by Gasteiger charge is 2.95. The largest absolute Gasteiger partial charge is 0.473 e. The molecule has 0 aromatic heterocycles. The average Bonchev–Trinajstić information content (AvgIpc) is 2.71. The molecule has 0 saturated heterocycles. The first-order valence-corrected chi connectivity index (χ1v) is 8.60. The number of rotatable bonds is 9. The summed E-state index contributed by atoms with van der Waals surface area (Å²) >= 11 is 0. The first-order valence-electron chi connectivity index (χ1n) is 8.60. The van der Waals surface area contributed by atoms with Gasteiger partial charge in [-0.2, -0.15) is 74.6 Å². The highest BCUT2D eigenvalue weighted by atomic mass is 19.4. The summed E-state index contributed by atoms with van der Waals surface area (Å²) < 4.78 is 225. The topological polar surface area (TPSA) is 52.6 Å². The van der Waals surface area contributed by atoms with Crippen molar-refractivity contribution in [1.82, 2.24) is 0 Å². The third-order valence-corrected chi connectivity index (χ3v) is 3.80. The fraction of sp³-hybridized carbons (Fsp3) is 0.647. The predicted octanol–water partition coefficient (Wildman–Crippen LogP) is 6.81. The summed E-state index contributed by atoms with van der Waals surface area (Å²) in [6.07, 6.45) is -15.0. The van der Waals surface area contributed by atoms with E-state index in [0.29, 0.717) is 12.5 Å². The van der Waals surface area contributed by atoms with Gasteiger partial charge in [-0.05, 0) is 13.8 Å². The minimum absolute atomic E-state index is 0.347. The van der Waals surface area contributed by atoms with Gasteiger partial charge in [0.2, 0.25) is 0 Å². The van der Waals surface area contributed by atoms with E-state index in [1.165, 1.54) is 7.11 Å². The van der Waals surface area contributed by atoms with Crippen LogP contribution in [0.2, 0.25) is 0 Å². The molecule has 0 aromatic carbocycles. The van der Waals surface area contributed by atoms with E-state index in [9.17, 15) is 84.2 Å². The Hall–Kier alpha value is -2.77. The summed E-state index contributed by atoms with van der Waals surface area (Å²) in [7, 11) is 1.33. The molecule has 0 N–H and O–H groups in total. The lowest BCUT2D eigenvalue weighted by Crippen LogP contribution is -2.74. The second-order valence-electron chi connectivity index (χ2n) is 6.90. The van der Waals surface area contributed by atoms with Crippen molar-refractivity contribution in [2.45, 2.75) is 61.7 Å². The van der Waals surface area contributed by atoms with Crippen LogP contribution >= 0.6 is 0 Å². The second kappa shape index (κ2) is 10.8. The van der Waals surface area contributed by atoms with Gasteiger partial charge in [-0.15, -0.1) is 0 Å². The number of ether oxygens (including phenoxy) is 2. The molecule has 0 rings (SSSR count). The fourth-order valence-corrected chi connectivity index (χ4v) is 1.59. The van der Waals surface area contributed by atoms with E-state index < -0.39 is 59.4 Å². The van der Waals surface area contributed by atoms with E-state index in [4.69, 9.17) is 0 Å². The molecule has 38 heavy (non-hydrogen) atoms. The highest BCUT2D eigenvalue weighted by Crippen LogP contribution is 2.64. The molecule has 4 nitrogen and oxygen atoms in total. The van der Waals surface area contributed by atoms with Crippen LogP contribution in [-0.4, -0.2) is 66.9 Å². The third kappa shape index (κ3) is 6.10. The zero-order valence-corrected chi connectivity index (χ0v) is 18.5. The van der Waals surface area contributed by atoms with Crippen molar-refractivity contribution >= 4 is 11.9 Å². The maximum absolute atomic E-state index is 13.3. The summed E-state index contributed by atoms with van der Waals surface area (Å²) in [5, 5.41) is 0. The predicted molar refractivity (Wildman–Crippen MR) is 88.4 cm³/mol. The van der Waals surface area contributed by atoms with Crippen molar-refractivity contribution in [3.8, 4) is 0 Å². The molecule has 0 aliphatic rings. The third-order valence-electron chi connectivity index (χ3n) is 3.80. The Morgan fingerprint density at radius 3 is 0.974 bits per heavy atom. The quantitative estimate of drug-likeness (QED) is 0.165. The van der Waals surface area contributed by atoms with Crippen molar-refractivity contribution in [2.24, 2.45) is 0 Å². The molecule has 0 saturated carbocycles. The highest BCUT2D eigenvalue weighted by molar-refractivity contribution is 5.87. The van der Waals surface area contributed by atoms with E-state index in [1.807, 2.05) is 0 Å². The molecule has 0 spiro atoms. The Kier molecular flexibility index (Phi) is 10.6. The Morgan fingerprint density at radius 2 is 0.763 bits per heavy atom. The molecular formula is C17H13F17O4. The molecule has 0 heterocycles. The SMILES string of the molecule is C=C(C)C(=O)OC.C=C(C)C(=O)OC(F)(F)C(F)(F)C(F)(F)C(F)(F)C(F)(F)C(F)(F)C(F)(F)C(F)(F)F. The van der Waals surface area contributed by atoms with Gasteiger partial charge in [-0.25, -0.2) is 9.59 Å². The van der Waals surface area contributed by atoms with Gasteiger partial charge < -0.3 is 9.47 Å². The molecule has 0 atom stereocenters. The number of carbonyl (C=O) groups is 2. The molecule has 0 radical (unpaired) electrons. The van der Waals surface area contributed by atoms with Crippen molar-refractivity contribution in [3.63, 3.8) is 0 Å². The van der Waals surface area contributed by atoms with Crippen LogP contribution in [0.3, 0.4) is 0 Å². The first-order chi connectivity index (χ1) is 16.3. The average molecular weight is 604 g/mol. The number of esters is 2. The van der Waals surface area contributed by atoms with Crippen LogP contribution in [0.4, 0.5) is 74.6 Å². The summed E-state index contributed by atoms with van der Waals surface area (Å²) in [6, 6.07) is 0. The maximum atomic E-state index is 13.3. The van der Waals surface area contributed by atoms with Crippen molar-refractivity contribution in [1.29, 1.82) is 0 Å². The molecule has 224 valence electrons.